The molecular weight excluding hydrogens is 266 g/mol. The summed E-state index contributed by atoms with van der Waals surface area (Å²) in [6, 6.07) is -1.08. The van der Waals surface area contributed by atoms with Gasteiger partial charge >= 0.3 is 5.97 Å². The molecule has 1 atom stereocenters. The van der Waals surface area contributed by atoms with Gasteiger partial charge in [0.05, 0.1) is 11.4 Å². The van der Waals surface area contributed by atoms with Gasteiger partial charge in [0.25, 0.3) is 0 Å². The fourth-order valence-electron chi connectivity index (χ4n) is 1.63. The van der Waals surface area contributed by atoms with E-state index in [-0.39, 0.29) is 0 Å². The molecule has 4 N–H and O–H groups in total. The Hall–Kier alpha value is -1.93. The summed E-state index contributed by atoms with van der Waals surface area (Å²) in [6.45, 7) is 2.53. The number of carbonyl (C=O) groups is 1. The van der Waals surface area contributed by atoms with Gasteiger partial charge in [-0.15, -0.1) is 11.3 Å². The van der Waals surface area contributed by atoms with Crippen molar-refractivity contribution in [3.8, 4) is 0 Å². The van der Waals surface area contributed by atoms with E-state index < -0.39 is 12.0 Å². The molecule has 102 valence electrons. The molecule has 8 heteroatoms. The van der Waals surface area contributed by atoms with Gasteiger partial charge in [-0.3, -0.25) is 9.48 Å². The molecule has 0 spiro atoms. The lowest BCUT2D eigenvalue weighted by atomic mass is 10.2. The van der Waals surface area contributed by atoms with Crippen molar-refractivity contribution in [3.63, 3.8) is 0 Å². The summed E-state index contributed by atoms with van der Waals surface area (Å²) in [7, 11) is 1.86. The maximum Gasteiger partial charge on any atom is 0.326 e. The van der Waals surface area contributed by atoms with Crippen LogP contribution in [0.1, 0.15) is 23.0 Å². The number of thiazole rings is 1. The topological polar surface area (TPSA) is 106 Å². The van der Waals surface area contributed by atoms with Gasteiger partial charge < -0.3 is 16.2 Å². The highest BCUT2D eigenvalue weighted by Gasteiger charge is 2.17. The Labute approximate surface area is 114 Å². The lowest BCUT2D eigenvalue weighted by Gasteiger charge is -2.02. The van der Waals surface area contributed by atoms with Crippen LogP contribution in [-0.4, -0.2) is 25.8 Å². The van der Waals surface area contributed by atoms with Crippen LogP contribution in [0.15, 0.2) is 11.6 Å². The Balaban J connectivity index is 2.01. The molecule has 19 heavy (non-hydrogen) atoms. The molecule has 0 aromatic carbocycles. The van der Waals surface area contributed by atoms with Gasteiger partial charge in [-0.05, 0) is 6.92 Å². The molecule has 2 aromatic heterocycles. The Morgan fingerprint density at radius 1 is 1.68 bits per heavy atom. The van der Waals surface area contributed by atoms with Crippen molar-refractivity contribution in [2.75, 3.05) is 5.32 Å². The van der Waals surface area contributed by atoms with Crippen molar-refractivity contribution < 1.29 is 9.90 Å². The smallest absolute Gasteiger partial charge is 0.326 e. The van der Waals surface area contributed by atoms with Crippen LogP contribution in [0.5, 0.6) is 0 Å². The van der Waals surface area contributed by atoms with E-state index in [0.717, 1.165) is 11.3 Å². The standard InChI is InChI=1S/C11H15N5O2S/c1-6-7(4-16(2)15-6)3-13-11-14-8(5-19-11)9(12)10(17)18/h4-5,9H,3,12H2,1-2H3,(H,13,14)(H,17,18). The number of anilines is 1. The number of hydrogen-bond donors (Lipinski definition) is 3. The monoisotopic (exact) mass is 281 g/mol. The third-order valence-corrected chi connectivity index (χ3v) is 3.47. The van der Waals surface area contributed by atoms with Crippen LogP contribution in [0.25, 0.3) is 0 Å². The third-order valence-electron chi connectivity index (χ3n) is 2.65. The summed E-state index contributed by atoms with van der Waals surface area (Å²) in [5, 5.41) is 18.5. The summed E-state index contributed by atoms with van der Waals surface area (Å²) >= 11 is 1.33. The second-order valence-corrected chi connectivity index (χ2v) is 5.02. The first-order valence-corrected chi connectivity index (χ1v) is 6.52. The fourth-order valence-corrected chi connectivity index (χ4v) is 2.38. The maximum atomic E-state index is 10.7. The van der Waals surface area contributed by atoms with E-state index >= 15 is 0 Å². The van der Waals surface area contributed by atoms with Crippen LogP contribution < -0.4 is 11.1 Å². The molecule has 0 aliphatic heterocycles. The summed E-state index contributed by atoms with van der Waals surface area (Å²) in [5.41, 5.74) is 7.88. The number of aliphatic carboxylic acids is 1. The van der Waals surface area contributed by atoms with Gasteiger partial charge in [-0.25, -0.2) is 4.98 Å². The number of nitrogens with two attached hydrogens (primary N) is 1. The zero-order chi connectivity index (χ0) is 14.0. The number of nitrogens with zero attached hydrogens (tertiary/aromatic N) is 3. The summed E-state index contributed by atoms with van der Waals surface area (Å²) in [4.78, 5) is 14.9. The molecule has 0 bridgehead atoms. The van der Waals surface area contributed by atoms with Gasteiger partial charge in [0.15, 0.2) is 5.13 Å². The molecule has 2 rings (SSSR count). The van der Waals surface area contributed by atoms with Crippen LogP contribution in [0, 0.1) is 6.92 Å². The van der Waals surface area contributed by atoms with Gasteiger partial charge in [-0.2, -0.15) is 5.10 Å². The summed E-state index contributed by atoms with van der Waals surface area (Å²) in [5.74, 6) is -1.08. The predicted molar refractivity (Wildman–Crippen MR) is 71.9 cm³/mol. The molecule has 0 fully saturated rings. The predicted octanol–water partition coefficient (Wildman–Crippen LogP) is 0.882. The summed E-state index contributed by atoms with van der Waals surface area (Å²) in [6.07, 6.45) is 1.93. The van der Waals surface area contributed by atoms with Crippen LogP contribution in [-0.2, 0) is 18.4 Å². The molecule has 0 saturated carbocycles. The van der Waals surface area contributed by atoms with E-state index in [4.69, 9.17) is 10.8 Å². The number of rotatable bonds is 5. The normalized spacial score (nSPS) is 12.4. The van der Waals surface area contributed by atoms with Crippen LogP contribution >= 0.6 is 11.3 Å². The molecule has 0 radical (unpaired) electrons. The van der Waals surface area contributed by atoms with Crippen molar-refractivity contribution in [3.05, 3.63) is 28.5 Å². The summed E-state index contributed by atoms with van der Waals surface area (Å²) < 4.78 is 1.75. The third kappa shape index (κ3) is 3.09. The minimum absolute atomic E-state index is 0.364. The van der Waals surface area contributed by atoms with E-state index in [1.807, 2.05) is 20.2 Å². The minimum Gasteiger partial charge on any atom is -0.480 e. The Morgan fingerprint density at radius 2 is 2.42 bits per heavy atom. The Bertz CT molecular complexity index is 592. The van der Waals surface area contributed by atoms with Gasteiger partial charge in [0.1, 0.15) is 6.04 Å². The quantitative estimate of drug-likeness (QED) is 0.751. The molecule has 0 saturated heterocycles. The van der Waals surface area contributed by atoms with Crippen molar-refractivity contribution in [2.45, 2.75) is 19.5 Å². The number of aromatic nitrogens is 3. The number of aryl methyl sites for hydroxylation is 2. The molecule has 0 aliphatic rings. The molecule has 2 heterocycles. The first-order valence-electron chi connectivity index (χ1n) is 5.64. The van der Waals surface area contributed by atoms with Crippen molar-refractivity contribution in [2.24, 2.45) is 12.8 Å². The molecule has 0 aliphatic carbocycles. The minimum atomic E-state index is -1.08. The first-order chi connectivity index (χ1) is 8.97. The van der Waals surface area contributed by atoms with E-state index in [1.165, 1.54) is 11.3 Å². The van der Waals surface area contributed by atoms with E-state index in [1.54, 1.807) is 10.1 Å². The maximum absolute atomic E-state index is 10.7. The van der Waals surface area contributed by atoms with Gasteiger partial charge in [0, 0.05) is 30.7 Å². The fraction of sp³-hybridized carbons (Fsp3) is 0.364. The highest BCUT2D eigenvalue weighted by Crippen LogP contribution is 2.20. The molecule has 1 unspecified atom stereocenters. The number of hydrogen-bond acceptors (Lipinski definition) is 6. The van der Waals surface area contributed by atoms with Gasteiger partial charge in [0.2, 0.25) is 0 Å². The number of carboxylic acids is 1. The molecular formula is C11H15N5O2S. The van der Waals surface area contributed by atoms with E-state index in [0.29, 0.717) is 17.4 Å². The lowest BCUT2D eigenvalue weighted by molar-refractivity contribution is -0.138. The zero-order valence-corrected chi connectivity index (χ0v) is 11.4. The lowest BCUT2D eigenvalue weighted by Crippen LogP contribution is -2.20. The van der Waals surface area contributed by atoms with Crippen molar-refractivity contribution >= 4 is 22.4 Å². The SMILES string of the molecule is Cc1nn(C)cc1CNc1nc(C(N)C(=O)O)cs1. The number of carboxylic acid groups (broad SMARTS) is 1. The van der Waals surface area contributed by atoms with Crippen molar-refractivity contribution in [1.29, 1.82) is 0 Å². The molecule has 2 aromatic rings. The Morgan fingerprint density at radius 3 is 3.00 bits per heavy atom. The largest absolute Gasteiger partial charge is 0.480 e. The highest BCUT2D eigenvalue weighted by atomic mass is 32.1. The first kappa shape index (κ1) is 13.5. The average Bonchev–Trinajstić information content (AvgIpc) is 2.92. The van der Waals surface area contributed by atoms with Gasteiger partial charge in [-0.1, -0.05) is 0 Å². The molecule has 0 amide bonds. The highest BCUT2D eigenvalue weighted by molar-refractivity contribution is 7.13. The second-order valence-electron chi connectivity index (χ2n) is 4.16. The van der Waals surface area contributed by atoms with E-state index in [9.17, 15) is 4.79 Å². The Kier molecular flexibility index (Phi) is 3.82. The van der Waals surface area contributed by atoms with Crippen molar-refractivity contribution in [1.82, 2.24) is 14.8 Å². The number of nitrogens with one attached hydrogen (secondary N) is 1. The van der Waals surface area contributed by atoms with E-state index in [2.05, 4.69) is 15.4 Å². The van der Waals surface area contributed by atoms with Crippen LogP contribution in [0.4, 0.5) is 5.13 Å². The zero-order valence-electron chi connectivity index (χ0n) is 10.6. The average molecular weight is 281 g/mol. The molecule has 7 nitrogen and oxygen atoms in total. The van der Waals surface area contributed by atoms with Crippen LogP contribution in [0.3, 0.4) is 0 Å². The second kappa shape index (κ2) is 5.37. The van der Waals surface area contributed by atoms with Crippen LogP contribution in [0.2, 0.25) is 0 Å².